The lowest BCUT2D eigenvalue weighted by atomic mass is 9.87. The van der Waals surface area contributed by atoms with Crippen molar-refractivity contribution in [3.8, 4) is 11.4 Å². The zero-order valence-corrected chi connectivity index (χ0v) is 15.9. The fourth-order valence-corrected chi connectivity index (χ4v) is 4.89. The highest BCUT2D eigenvalue weighted by Crippen LogP contribution is 2.44. The maximum absolute atomic E-state index is 13.8. The van der Waals surface area contributed by atoms with Crippen LogP contribution in [0.1, 0.15) is 27.5 Å². The van der Waals surface area contributed by atoms with Gasteiger partial charge in [0, 0.05) is 43.5 Å². The lowest BCUT2D eigenvalue weighted by Crippen LogP contribution is -2.35. The predicted molar refractivity (Wildman–Crippen MR) is 109 cm³/mol. The molecular formula is C23H24N4O. The second kappa shape index (κ2) is 6.91. The van der Waals surface area contributed by atoms with Gasteiger partial charge in [0.15, 0.2) is 0 Å². The molecule has 3 atom stereocenters. The molecule has 0 spiro atoms. The highest BCUT2D eigenvalue weighted by Gasteiger charge is 2.47. The maximum atomic E-state index is 13.8. The SMILES string of the molecule is Cc1ccccc1[C@H]1[C@H]2CNC[C@H]2CN1C(=O)c1ccccc1-c1ncc[nH]1. The predicted octanol–water partition coefficient (Wildman–Crippen LogP) is 3.42. The molecule has 3 heterocycles. The van der Waals surface area contributed by atoms with Crippen LogP contribution in [0.5, 0.6) is 0 Å². The van der Waals surface area contributed by atoms with Crippen molar-refractivity contribution in [1.82, 2.24) is 20.2 Å². The molecule has 0 saturated carbocycles. The first-order chi connectivity index (χ1) is 13.7. The number of likely N-dealkylation sites (tertiary alicyclic amines) is 1. The molecule has 0 aliphatic carbocycles. The van der Waals surface area contributed by atoms with Crippen LogP contribution in [-0.4, -0.2) is 40.4 Å². The molecule has 2 aliphatic heterocycles. The second-order valence-corrected chi connectivity index (χ2v) is 7.82. The minimum atomic E-state index is 0.0923. The molecule has 28 heavy (non-hydrogen) atoms. The van der Waals surface area contributed by atoms with Crippen molar-refractivity contribution >= 4 is 5.91 Å². The van der Waals surface area contributed by atoms with Gasteiger partial charge in [-0.3, -0.25) is 4.79 Å². The molecule has 0 radical (unpaired) electrons. The number of carbonyl (C=O) groups is 1. The van der Waals surface area contributed by atoms with E-state index in [1.807, 2.05) is 24.3 Å². The van der Waals surface area contributed by atoms with Gasteiger partial charge >= 0.3 is 0 Å². The van der Waals surface area contributed by atoms with E-state index in [-0.39, 0.29) is 11.9 Å². The van der Waals surface area contributed by atoms with E-state index < -0.39 is 0 Å². The summed E-state index contributed by atoms with van der Waals surface area (Å²) < 4.78 is 0. The van der Waals surface area contributed by atoms with Crippen molar-refractivity contribution in [3.63, 3.8) is 0 Å². The quantitative estimate of drug-likeness (QED) is 0.741. The van der Waals surface area contributed by atoms with E-state index in [4.69, 9.17) is 0 Å². The van der Waals surface area contributed by atoms with Crippen LogP contribution in [0.25, 0.3) is 11.4 Å². The molecule has 2 N–H and O–H groups in total. The molecule has 2 saturated heterocycles. The summed E-state index contributed by atoms with van der Waals surface area (Å²) in [6.07, 6.45) is 3.51. The van der Waals surface area contributed by atoms with Crippen LogP contribution in [0.3, 0.4) is 0 Å². The number of carbonyl (C=O) groups excluding carboxylic acids is 1. The Hall–Kier alpha value is -2.92. The smallest absolute Gasteiger partial charge is 0.255 e. The summed E-state index contributed by atoms with van der Waals surface area (Å²) in [5.74, 6) is 1.79. The van der Waals surface area contributed by atoms with Crippen LogP contribution in [0.4, 0.5) is 0 Å². The number of aromatic amines is 1. The number of imidazole rings is 1. The highest BCUT2D eigenvalue weighted by molar-refractivity contribution is 6.00. The summed E-state index contributed by atoms with van der Waals surface area (Å²) >= 11 is 0. The van der Waals surface area contributed by atoms with Crippen LogP contribution in [-0.2, 0) is 0 Å². The molecule has 1 aromatic heterocycles. The molecule has 2 fully saturated rings. The van der Waals surface area contributed by atoms with Gasteiger partial charge in [-0.1, -0.05) is 42.5 Å². The molecular weight excluding hydrogens is 348 g/mol. The number of nitrogens with zero attached hydrogens (tertiary/aromatic N) is 2. The number of hydrogen-bond acceptors (Lipinski definition) is 3. The average molecular weight is 372 g/mol. The van der Waals surface area contributed by atoms with E-state index in [0.29, 0.717) is 17.4 Å². The molecule has 5 heteroatoms. The van der Waals surface area contributed by atoms with Crippen LogP contribution in [0.2, 0.25) is 0 Å². The van der Waals surface area contributed by atoms with Crippen LogP contribution in [0, 0.1) is 18.8 Å². The van der Waals surface area contributed by atoms with Gasteiger partial charge in [0.05, 0.1) is 11.6 Å². The van der Waals surface area contributed by atoms with E-state index in [2.05, 4.69) is 51.4 Å². The molecule has 0 bridgehead atoms. The topological polar surface area (TPSA) is 61.0 Å². The number of nitrogens with one attached hydrogen (secondary N) is 2. The summed E-state index contributed by atoms with van der Waals surface area (Å²) in [7, 11) is 0. The Morgan fingerprint density at radius 1 is 1.11 bits per heavy atom. The van der Waals surface area contributed by atoms with E-state index in [1.165, 1.54) is 11.1 Å². The maximum Gasteiger partial charge on any atom is 0.255 e. The Balaban J connectivity index is 1.57. The third-order valence-electron chi connectivity index (χ3n) is 6.24. The van der Waals surface area contributed by atoms with E-state index in [1.54, 1.807) is 12.4 Å². The first-order valence-corrected chi connectivity index (χ1v) is 9.90. The fraction of sp³-hybridized carbons (Fsp3) is 0.304. The van der Waals surface area contributed by atoms with Crippen LogP contribution >= 0.6 is 0 Å². The first kappa shape index (κ1) is 17.2. The number of benzene rings is 2. The van der Waals surface area contributed by atoms with Gasteiger partial charge in [0.1, 0.15) is 5.82 Å². The molecule has 5 nitrogen and oxygen atoms in total. The minimum absolute atomic E-state index is 0.0923. The van der Waals surface area contributed by atoms with Gasteiger partial charge in [-0.2, -0.15) is 0 Å². The molecule has 3 aromatic rings. The summed E-state index contributed by atoms with van der Waals surface area (Å²) in [6, 6.07) is 16.3. The lowest BCUT2D eigenvalue weighted by Gasteiger charge is -2.30. The van der Waals surface area contributed by atoms with Crippen molar-refractivity contribution in [2.45, 2.75) is 13.0 Å². The van der Waals surface area contributed by atoms with Crippen LogP contribution < -0.4 is 5.32 Å². The van der Waals surface area contributed by atoms with Crippen molar-refractivity contribution in [2.75, 3.05) is 19.6 Å². The number of aryl methyl sites for hydroxylation is 1. The third kappa shape index (κ3) is 2.74. The Morgan fingerprint density at radius 3 is 2.75 bits per heavy atom. The van der Waals surface area contributed by atoms with Gasteiger partial charge in [-0.25, -0.2) is 4.98 Å². The van der Waals surface area contributed by atoms with Gasteiger partial charge in [-0.05, 0) is 30.0 Å². The van der Waals surface area contributed by atoms with E-state index in [0.717, 1.165) is 31.0 Å². The average Bonchev–Trinajstić information content (AvgIpc) is 3.45. The lowest BCUT2D eigenvalue weighted by molar-refractivity contribution is 0.0714. The largest absolute Gasteiger partial charge is 0.345 e. The molecule has 5 rings (SSSR count). The van der Waals surface area contributed by atoms with Crippen molar-refractivity contribution in [3.05, 3.63) is 77.6 Å². The zero-order chi connectivity index (χ0) is 19.1. The van der Waals surface area contributed by atoms with Gasteiger partial charge < -0.3 is 15.2 Å². The van der Waals surface area contributed by atoms with Gasteiger partial charge in [0.25, 0.3) is 5.91 Å². The number of hydrogen-bond donors (Lipinski definition) is 2. The van der Waals surface area contributed by atoms with Crippen molar-refractivity contribution in [1.29, 1.82) is 0 Å². The number of fused-ring (bicyclic) bond motifs is 1. The minimum Gasteiger partial charge on any atom is -0.345 e. The Kier molecular flexibility index (Phi) is 4.24. The Bertz CT molecular complexity index is 997. The van der Waals surface area contributed by atoms with Crippen molar-refractivity contribution in [2.24, 2.45) is 11.8 Å². The zero-order valence-electron chi connectivity index (χ0n) is 15.9. The monoisotopic (exact) mass is 372 g/mol. The van der Waals surface area contributed by atoms with Crippen LogP contribution in [0.15, 0.2) is 60.9 Å². The number of H-pyrrole nitrogens is 1. The number of rotatable bonds is 3. The summed E-state index contributed by atoms with van der Waals surface area (Å²) in [5.41, 5.74) is 4.08. The van der Waals surface area contributed by atoms with E-state index >= 15 is 0 Å². The molecule has 1 amide bonds. The summed E-state index contributed by atoms with van der Waals surface area (Å²) in [5, 5.41) is 3.52. The van der Waals surface area contributed by atoms with Gasteiger partial charge in [0.2, 0.25) is 0 Å². The summed E-state index contributed by atoms with van der Waals surface area (Å²) in [4.78, 5) is 23.4. The van der Waals surface area contributed by atoms with Gasteiger partial charge in [-0.15, -0.1) is 0 Å². The first-order valence-electron chi connectivity index (χ1n) is 9.90. The molecule has 2 aromatic carbocycles. The number of aromatic nitrogens is 2. The number of amides is 1. The second-order valence-electron chi connectivity index (χ2n) is 7.82. The fourth-order valence-electron chi connectivity index (χ4n) is 4.89. The molecule has 142 valence electrons. The Labute approximate surface area is 164 Å². The highest BCUT2D eigenvalue weighted by atomic mass is 16.2. The van der Waals surface area contributed by atoms with E-state index in [9.17, 15) is 4.79 Å². The standard InChI is InChI=1S/C23H24N4O/c1-15-6-2-3-7-17(15)21-20-13-24-12-16(20)14-27(21)23(28)19-9-5-4-8-18(19)22-25-10-11-26-22/h2-11,16,20-21,24H,12-14H2,1H3,(H,25,26)/t16-,20-,21-/m0/s1. The third-order valence-corrected chi connectivity index (χ3v) is 6.24. The molecule has 0 unspecified atom stereocenters. The Morgan fingerprint density at radius 2 is 1.93 bits per heavy atom. The van der Waals surface area contributed by atoms with Crippen molar-refractivity contribution < 1.29 is 4.79 Å². The normalized spacial score (nSPS) is 23.8. The molecule has 2 aliphatic rings. The summed E-state index contributed by atoms with van der Waals surface area (Å²) in [6.45, 7) is 4.89.